The van der Waals surface area contributed by atoms with Gasteiger partial charge in [0.25, 0.3) is 0 Å². The summed E-state index contributed by atoms with van der Waals surface area (Å²) in [7, 11) is 1.61. The Morgan fingerprint density at radius 2 is 1.97 bits per heavy atom. The summed E-state index contributed by atoms with van der Waals surface area (Å²) in [5, 5.41) is 7.38. The minimum Gasteiger partial charge on any atom is -0.496 e. The van der Waals surface area contributed by atoms with Crippen molar-refractivity contribution in [1.82, 2.24) is 9.78 Å². The molecule has 0 saturated heterocycles. The second kappa shape index (κ2) is 11.6. The zero-order chi connectivity index (χ0) is 25.5. The predicted octanol–water partition coefficient (Wildman–Crippen LogP) is 6.27. The molecule has 0 aliphatic heterocycles. The molecule has 1 amide bonds. The maximum Gasteiger partial charge on any atom is 0.249 e. The van der Waals surface area contributed by atoms with E-state index in [2.05, 4.69) is 10.4 Å². The van der Waals surface area contributed by atoms with Crippen molar-refractivity contribution in [1.29, 1.82) is 0 Å². The van der Waals surface area contributed by atoms with Crippen LogP contribution >= 0.6 is 11.6 Å². The first kappa shape index (κ1) is 25.0. The van der Waals surface area contributed by atoms with Crippen LogP contribution in [0.15, 0.2) is 79.0 Å². The minimum absolute atomic E-state index is 0.321. The van der Waals surface area contributed by atoms with Crippen LogP contribution in [0.2, 0.25) is 5.02 Å². The summed E-state index contributed by atoms with van der Waals surface area (Å²) in [4.78, 5) is 12.4. The highest BCUT2D eigenvalue weighted by molar-refractivity contribution is 6.31. The summed E-state index contributed by atoms with van der Waals surface area (Å²) in [5.74, 6) is 1.15. The number of rotatable bonds is 9. The minimum atomic E-state index is -0.397. The number of hydrogen-bond acceptors (Lipinski definition) is 4. The lowest BCUT2D eigenvalue weighted by Crippen LogP contribution is -2.09. The molecule has 36 heavy (non-hydrogen) atoms. The highest BCUT2D eigenvalue weighted by Gasteiger charge is 2.08. The first-order valence-corrected chi connectivity index (χ1v) is 11.6. The first-order chi connectivity index (χ1) is 17.4. The number of nitrogens with one attached hydrogen (secondary N) is 1. The van der Waals surface area contributed by atoms with E-state index in [0.717, 1.165) is 28.0 Å². The van der Waals surface area contributed by atoms with Crippen LogP contribution in [0.4, 0.5) is 10.2 Å². The molecular formula is C28H25ClFN3O3. The first-order valence-electron chi connectivity index (χ1n) is 11.2. The van der Waals surface area contributed by atoms with Crippen LogP contribution in [0.1, 0.15) is 22.3 Å². The Morgan fingerprint density at radius 1 is 1.11 bits per heavy atom. The lowest BCUT2D eigenvalue weighted by molar-refractivity contribution is -0.111. The maximum atomic E-state index is 13.2. The lowest BCUT2D eigenvalue weighted by atomic mass is 10.1. The van der Waals surface area contributed by atoms with Gasteiger partial charge >= 0.3 is 0 Å². The van der Waals surface area contributed by atoms with Gasteiger partial charge in [0.15, 0.2) is 5.82 Å². The molecule has 0 aliphatic rings. The third-order valence-electron chi connectivity index (χ3n) is 5.35. The molecule has 4 aromatic rings. The Balaban J connectivity index is 1.37. The third-order valence-corrected chi connectivity index (χ3v) is 5.71. The van der Waals surface area contributed by atoms with E-state index in [1.165, 1.54) is 18.2 Å². The van der Waals surface area contributed by atoms with E-state index in [4.69, 9.17) is 21.1 Å². The van der Waals surface area contributed by atoms with E-state index in [1.807, 2.05) is 49.4 Å². The molecule has 8 heteroatoms. The number of methoxy groups -OCH3 is 1. The van der Waals surface area contributed by atoms with Crippen molar-refractivity contribution < 1.29 is 18.7 Å². The molecule has 184 valence electrons. The Hall–Kier alpha value is -4.10. The molecule has 0 bridgehead atoms. The van der Waals surface area contributed by atoms with Crippen molar-refractivity contribution in [3.63, 3.8) is 0 Å². The number of halogens is 2. The highest BCUT2D eigenvalue weighted by atomic mass is 35.5. The molecule has 0 atom stereocenters. The molecule has 6 nitrogen and oxygen atoms in total. The average Bonchev–Trinajstić information content (AvgIpc) is 3.30. The standard InChI is InChI=1S/C28H25ClFN3O3/c1-19-4-3-5-24(14-19)36-18-22-15-20(6-10-26(22)35-2)7-11-28(34)31-27-12-13-33(32-27)17-21-8-9-23(30)16-25(21)29/h3-16H,17-18H2,1-2H3,(H,31,32,34)/b11-7+. The number of hydrogen-bond donors (Lipinski definition) is 1. The number of aryl methyl sites for hydroxylation is 1. The van der Waals surface area contributed by atoms with Gasteiger partial charge in [0.05, 0.1) is 13.7 Å². The molecule has 0 fully saturated rings. The maximum absolute atomic E-state index is 13.2. The van der Waals surface area contributed by atoms with Crippen LogP contribution in [-0.4, -0.2) is 22.8 Å². The number of nitrogens with zero attached hydrogens (tertiary/aromatic N) is 2. The molecule has 1 N–H and O–H groups in total. The van der Waals surface area contributed by atoms with E-state index in [9.17, 15) is 9.18 Å². The third kappa shape index (κ3) is 6.73. The lowest BCUT2D eigenvalue weighted by Gasteiger charge is -2.11. The van der Waals surface area contributed by atoms with E-state index in [0.29, 0.717) is 29.7 Å². The van der Waals surface area contributed by atoms with Crippen LogP contribution in [0.3, 0.4) is 0 Å². The van der Waals surface area contributed by atoms with Gasteiger partial charge in [0.1, 0.15) is 23.9 Å². The number of aromatic nitrogens is 2. The summed E-state index contributed by atoms with van der Waals surface area (Å²) in [6.45, 7) is 2.69. The second-order valence-corrected chi connectivity index (χ2v) is 8.54. The van der Waals surface area contributed by atoms with Crippen LogP contribution in [0.25, 0.3) is 6.08 Å². The van der Waals surface area contributed by atoms with E-state index >= 15 is 0 Å². The molecule has 0 spiro atoms. The quantitative estimate of drug-likeness (QED) is 0.272. The largest absolute Gasteiger partial charge is 0.496 e. The topological polar surface area (TPSA) is 65.4 Å². The second-order valence-electron chi connectivity index (χ2n) is 8.13. The van der Waals surface area contributed by atoms with E-state index in [1.54, 1.807) is 36.2 Å². The Kier molecular flexibility index (Phi) is 8.02. The monoisotopic (exact) mass is 505 g/mol. The molecule has 1 heterocycles. The molecule has 0 unspecified atom stereocenters. The van der Waals surface area contributed by atoms with Gasteiger partial charge in [-0.15, -0.1) is 0 Å². The zero-order valence-electron chi connectivity index (χ0n) is 19.9. The number of ether oxygens (including phenoxy) is 2. The van der Waals surface area contributed by atoms with Gasteiger partial charge in [-0.05, 0) is 66.1 Å². The number of anilines is 1. The highest BCUT2D eigenvalue weighted by Crippen LogP contribution is 2.23. The van der Waals surface area contributed by atoms with Gasteiger partial charge in [-0.25, -0.2) is 4.39 Å². The number of carbonyl (C=O) groups excluding carboxylic acids is 1. The zero-order valence-corrected chi connectivity index (χ0v) is 20.6. The van der Waals surface area contributed by atoms with Crippen LogP contribution in [-0.2, 0) is 17.9 Å². The van der Waals surface area contributed by atoms with Crippen molar-refractivity contribution in [3.8, 4) is 11.5 Å². The SMILES string of the molecule is COc1ccc(/C=C/C(=O)Nc2ccn(Cc3ccc(F)cc3Cl)n2)cc1COc1cccc(C)c1. The van der Waals surface area contributed by atoms with Gasteiger partial charge in [-0.1, -0.05) is 35.9 Å². The number of benzene rings is 3. The molecule has 0 saturated carbocycles. The normalized spacial score (nSPS) is 11.0. The fraction of sp³-hybridized carbons (Fsp3) is 0.143. The summed E-state index contributed by atoms with van der Waals surface area (Å²) >= 11 is 6.08. The summed E-state index contributed by atoms with van der Waals surface area (Å²) in [6.07, 6.45) is 4.85. The van der Waals surface area contributed by atoms with Gasteiger partial charge in [0, 0.05) is 28.9 Å². The van der Waals surface area contributed by atoms with E-state index < -0.39 is 5.82 Å². The Bertz CT molecular complexity index is 1400. The molecule has 4 rings (SSSR count). The van der Waals surface area contributed by atoms with Gasteiger partial charge in [-0.2, -0.15) is 5.10 Å². The summed E-state index contributed by atoms with van der Waals surface area (Å²) in [6, 6.07) is 19.3. The van der Waals surface area contributed by atoms with Gasteiger partial charge < -0.3 is 14.8 Å². The Morgan fingerprint density at radius 3 is 2.75 bits per heavy atom. The predicted molar refractivity (Wildman–Crippen MR) is 139 cm³/mol. The Labute approximate surface area is 213 Å². The van der Waals surface area contributed by atoms with Crippen molar-refractivity contribution in [2.24, 2.45) is 0 Å². The number of amides is 1. The van der Waals surface area contributed by atoms with Crippen molar-refractivity contribution >= 4 is 29.4 Å². The molecule has 3 aromatic carbocycles. The van der Waals surface area contributed by atoms with Crippen molar-refractivity contribution in [2.45, 2.75) is 20.1 Å². The smallest absolute Gasteiger partial charge is 0.249 e. The molecule has 0 radical (unpaired) electrons. The van der Waals surface area contributed by atoms with Crippen LogP contribution in [0.5, 0.6) is 11.5 Å². The molecular weight excluding hydrogens is 481 g/mol. The summed E-state index contributed by atoms with van der Waals surface area (Å²) < 4.78 is 26.2. The van der Waals surface area contributed by atoms with Crippen LogP contribution < -0.4 is 14.8 Å². The van der Waals surface area contributed by atoms with Crippen molar-refractivity contribution in [3.05, 3.63) is 112 Å². The van der Waals surface area contributed by atoms with Gasteiger partial charge in [-0.3, -0.25) is 9.48 Å². The fourth-order valence-corrected chi connectivity index (χ4v) is 3.79. The number of carbonyl (C=O) groups is 1. The fourth-order valence-electron chi connectivity index (χ4n) is 3.56. The van der Waals surface area contributed by atoms with E-state index in [-0.39, 0.29) is 5.91 Å². The van der Waals surface area contributed by atoms with Crippen molar-refractivity contribution in [2.75, 3.05) is 12.4 Å². The summed E-state index contributed by atoms with van der Waals surface area (Å²) in [5.41, 5.74) is 3.52. The van der Waals surface area contributed by atoms with Crippen LogP contribution in [0, 0.1) is 12.7 Å². The average molecular weight is 506 g/mol. The molecule has 0 aliphatic carbocycles. The van der Waals surface area contributed by atoms with Gasteiger partial charge in [0.2, 0.25) is 5.91 Å². The molecule has 1 aromatic heterocycles.